The number of benzene rings is 1. The predicted octanol–water partition coefficient (Wildman–Crippen LogP) is 1.77. The van der Waals surface area contributed by atoms with Gasteiger partial charge in [-0.1, -0.05) is 49.4 Å². The maximum atomic E-state index is 12.9. The molecule has 4 rings (SSSR count). The molecular formula is C25H35N7O5S. The van der Waals surface area contributed by atoms with Crippen molar-refractivity contribution in [2.24, 2.45) is 5.92 Å². The highest BCUT2D eigenvalue weighted by molar-refractivity contribution is 7.99. The van der Waals surface area contributed by atoms with E-state index in [1.807, 2.05) is 0 Å². The summed E-state index contributed by atoms with van der Waals surface area (Å²) in [4.78, 5) is 22.2. The van der Waals surface area contributed by atoms with Gasteiger partial charge in [0, 0.05) is 18.8 Å². The van der Waals surface area contributed by atoms with Crippen molar-refractivity contribution in [3.63, 3.8) is 0 Å². The van der Waals surface area contributed by atoms with E-state index in [9.17, 15) is 25.2 Å². The molecule has 0 saturated heterocycles. The summed E-state index contributed by atoms with van der Waals surface area (Å²) in [6.07, 6.45) is -0.617. The second kappa shape index (κ2) is 12.7. The maximum absolute atomic E-state index is 12.9. The summed E-state index contributed by atoms with van der Waals surface area (Å²) in [5.74, 6) is -0.0180. The molecule has 1 aromatic carbocycles. The number of hydrogen-bond acceptors (Lipinski definition) is 11. The summed E-state index contributed by atoms with van der Waals surface area (Å²) in [7, 11) is 0. The zero-order valence-electron chi connectivity index (χ0n) is 21.5. The third-order valence-electron chi connectivity index (χ3n) is 6.59. The van der Waals surface area contributed by atoms with Crippen molar-refractivity contribution in [1.82, 2.24) is 30.3 Å². The molecule has 1 aliphatic carbocycles. The maximum Gasteiger partial charge on any atom is 0.226 e. The molecule has 1 saturated carbocycles. The summed E-state index contributed by atoms with van der Waals surface area (Å²) < 4.78 is 1.47. The van der Waals surface area contributed by atoms with Crippen molar-refractivity contribution >= 4 is 34.7 Å². The topological polar surface area (TPSA) is 179 Å². The van der Waals surface area contributed by atoms with Crippen molar-refractivity contribution in [2.45, 2.75) is 69.0 Å². The van der Waals surface area contributed by atoms with Crippen molar-refractivity contribution in [3.05, 3.63) is 29.8 Å². The van der Waals surface area contributed by atoms with Gasteiger partial charge in [-0.3, -0.25) is 4.79 Å². The van der Waals surface area contributed by atoms with Gasteiger partial charge in [0.05, 0.1) is 24.2 Å². The molecule has 12 nitrogen and oxygen atoms in total. The van der Waals surface area contributed by atoms with Crippen molar-refractivity contribution in [3.8, 4) is 5.75 Å². The van der Waals surface area contributed by atoms with Crippen LogP contribution in [0, 0.1) is 5.92 Å². The molecule has 3 aromatic rings. The molecule has 6 N–H and O–H groups in total. The molecule has 206 valence electrons. The molecule has 5 atom stereocenters. The van der Waals surface area contributed by atoms with Gasteiger partial charge in [-0.05, 0) is 37.0 Å². The van der Waals surface area contributed by atoms with Crippen molar-refractivity contribution < 1.29 is 25.2 Å². The van der Waals surface area contributed by atoms with Crippen molar-refractivity contribution in [2.75, 3.05) is 24.2 Å². The number of anilines is 1. The Labute approximate surface area is 224 Å². The standard InChI is InChI=1S/C25H35N7O5S/c1-3-5-9-26-22-19-23(29-25(28-22)38-10-4-2)32(31-30-19)17-12-16(20(35)21(17)36)24(37)27-13-18(34)14-7-6-8-15(33)11-14/h6-8,11,16-18,20-21,33-36H,3-5,9-10,12-13H2,1-2H3,(H,27,37)(H,26,28,29)/t16-,17+,18?,20+,21-/m0/s1. The molecule has 1 aliphatic rings. The number of amides is 1. The second-order valence-electron chi connectivity index (χ2n) is 9.44. The van der Waals surface area contributed by atoms with Gasteiger partial charge in [-0.25, -0.2) is 14.6 Å². The van der Waals surface area contributed by atoms with Crippen LogP contribution in [0.15, 0.2) is 29.4 Å². The molecule has 0 aliphatic heterocycles. The average Bonchev–Trinajstić information content (AvgIpc) is 3.46. The largest absolute Gasteiger partial charge is 0.508 e. The highest BCUT2D eigenvalue weighted by Gasteiger charge is 2.47. The quantitative estimate of drug-likeness (QED) is 0.111. The predicted molar refractivity (Wildman–Crippen MR) is 143 cm³/mol. The molecule has 2 heterocycles. The molecule has 1 unspecified atom stereocenters. The molecule has 0 bridgehead atoms. The lowest BCUT2D eigenvalue weighted by Gasteiger charge is -2.18. The van der Waals surface area contributed by atoms with Crippen LogP contribution in [0.4, 0.5) is 5.82 Å². The molecule has 0 radical (unpaired) electrons. The number of carbonyl (C=O) groups is 1. The number of aliphatic hydroxyl groups excluding tert-OH is 3. The monoisotopic (exact) mass is 545 g/mol. The zero-order valence-corrected chi connectivity index (χ0v) is 22.3. The lowest BCUT2D eigenvalue weighted by molar-refractivity contribution is -0.129. The van der Waals surface area contributed by atoms with E-state index in [1.54, 1.807) is 12.1 Å². The van der Waals surface area contributed by atoms with Gasteiger partial charge in [-0.2, -0.15) is 0 Å². The number of aromatic hydroxyl groups is 1. The van der Waals surface area contributed by atoms with E-state index >= 15 is 0 Å². The van der Waals surface area contributed by atoms with Crippen molar-refractivity contribution in [1.29, 1.82) is 0 Å². The second-order valence-corrected chi connectivity index (χ2v) is 10.5. The molecule has 13 heteroatoms. The molecule has 38 heavy (non-hydrogen) atoms. The fourth-order valence-corrected chi connectivity index (χ4v) is 5.18. The van der Waals surface area contributed by atoms with Gasteiger partial charge in [0.1, 0.15) is 11.9 Å². The third kappa shape index (κ3) is 6.17. The Bertz CT molecular complexity index is 1240. The molecule has 1 amide bonds. The number of aromatic nitrogens is 5. The summed E-state index contributed by atoms with van der Waals surface area (Å²) in [5, 5.41) is 56.6. The number of aliphatic hydroxyl groups is 3. The number of rotatable bonds is 12. The number of phenolic OH excluding ortho intramolecular Hbond substituents is 1. The number of phenols is 1. The van der Waals surface area contributed by atoms with E-state index in [0.29, 0.717) is 27.7 Å². The van der Waals surface area contributed by atoms with Crippen LogP contribution in [0.3, 0.4) is 0 Å². The van der Waals surface area contributed by atoms with E-state index < -0.39 is 36.2 Å². The number of unbranched alkanes of at least 4 members (excludes halogenated alkanes) is 1. The highest BCUT2D eigenvalue weighted by atomic mass is 32.2. The first-order chi connectivity index (χ1) is 18.3. The van der Waals surface area contributed by atoms with E-state index in [1.165, 1.54) is 28.6 Å². The Morgan fingerprint density at radius 2 is 2.03 bits per heavy atom. The normalized spacial score (nSPS) is 22.0. The third-order valence-corrected chi connectivity index (χ3v) is 7.64. The first-order valence-electron chi connectivity index (χ1n) is 12.9. The zero-order chi connectivity index (χ0) is 27.2. The lowest BCUT2D eigenvalue weighted by Crippen LogP contribution is -2.39. The molecule has 1 fully saturated rings. The number of carbonyl (C=O) groups excluding carboxylic acids is 1. The Balaban J connectivity index is 1.52. The Morgan fingerprint density at radius 1 is 1.21 bits per heavy atom. The van der Waals surface area contributed by atoms with Crippen LogP contribution in [-0.4, -0.2) is 82.3 Å². The summed E-state index contributed by atoms with van der Waals surface area (Å²) >= 11 is 1.51. The van der Waals surface area contributed by atoms with E-state index in [4.69, 9.17) is 0 Å². The summed E-state index contributed by atoms with van der Waals surface area (Å²) in [5.41, 5.74) is 1.34. The molecular weight excluding hydrogens is 510 g/mol. The van der Waals surface area contributed by atoms with Crippen LogP contribution in [0.1, 0.15) is 57.2 Å². The minimum absolute atomic E-state index is 0.00824. The minimum Gasteiger partial charge on any atom is -0.508 e. The lowest BCUT2D eigenvalue weighted by atomic mass is 10.0. The van der Waals surface area contributed by atoms with E-state index in [-0.39, 0.29) is 18.7 Å². The molecule has 0 spiro atoms. The number of fused-ring (bicyclic) bond motifs is 1. The number of thioether (sulfide) groups is 1. The van der Waals surface area contributed by atoms with Gasteiger partial charge in [-0.15, -0.1) is 5.10 Å². The first kappa shape index (κ1) is 28.0. The Hall–Kier alpha value is -3.00. The van der Waals surface area contributed by atoms with Crippen LogP contribution in [0.25, 0.3) is 11.2 Å². The fourth-order valence-electron chi connectivity index (χ4n) is 4.49. The van der Waals surface area contributed by atoms with E-state index in [2.05, 4.69) is 44.8 Å². The summed E-state index contributed by atoms with van der Waals surface area (Å²) in [6.45, 7) is 4.77. The van der Waals surface area contributed by atoms with Gasteiger partial charge in [0.15, 0.2) is 22.1 Å². The van der Waals surface area contributed by atoms with Crippen LogP contribution in [0.5, 0.6) is 5.75 Å². The number of nitrogens with zero attached hydrogens (tertiary/aromatic N) is 5. The first-order valence-corrected chi connectivity index (χ1v) is 13.9. The molecule has 2 aromatic heterocycles. The van der Waals surface area contributed by atoms with Gasteiger partial charge < -0.3 is 31.1 Å². The minimum atomic E-state index is -1.34. The highest BCUT2D eigenvalue weighted by Crippen LogP contribution is 2.37. The smallest absolute Gasteiger partial charge is 0.226 e. The van der Waals surface area contributed by atoms with Gasteiger partial charge >= 0.3 is 0 Å². The Kier molecular flexibility index (Phi) is 9.36. The number of hydrogen-bond donors (Lipinski definition) is 6. The fraction of sp³-hybridized carbons (Fsp3) is 0.560. The van der Waals surface area contributed by atoms with Crippen LogP contribution < -0.4 is 10.6 Å². The number of nitrogens with one attached hydrogen (secondary N) is 2. The summed E-state index contributed by atoms with van der Waals surface area (Å²) in [6, 6.07) is 5.40. The average molecular weight is 546 g/mol. The van der Waals surface area contributed by atoms with Crippen LogP contribution in [0.2, 0.25) is 0 Å². The van der Waals surface area contributed by atoms with E-state index in [0.717, 1.165) is 31.6 Å². The van der Waals surface area contributed by atoms with Gasteiger partial charge in [0.2, 0.25) is 5.91 Å². The Morgan fingerprint density at radius 3 is 2.76 bits per heavy atom. The van der Waals surface area contributed by atoms with Crippen LogP contribution >= 0.6 is 11.8 Å². The van der Waals surface area contributed by atoms with Gasteiger partial charge in [0.25, 0.3) is 0 Å². The van der Waals surface area contributed by atoms with Crippen LogP contribution in [-0.2, 0) is 4.79 Å². The SMILES string of the molecule is CCCCNc1nc(SCCC)nc2c1nnn2[C@@H]1C[C@H](C(=O)NCC(O)c2cccc(O)c2)[C@@H](O)[C@H]1O.